The van der Waals surface area contributed by atoms with Crippen molar-refractivity contribution in [2.45, 2.75) is 26.3 Å². The van der Waals surface area contributed by atoms with Gasteiger partial charge in [0.15, 0.2) is 5.65 Å². The van der Waals surface area contributed by atoms with Crippen LogP contribution in [0.25, 0.3) is 16.9 Å². The third-order valence-electron chi connectivity index (χ3n) is 4.24. The number of rotatable bonds is 8. The van der Waals surface area contributed by atoms with Gasteiger partial charge in [-0.2, -0.15) is 0 Å². The van der Waals surface area contributed by atoms with E-state index in [0.717, 1.165) is 17.7 Å². The summed E-state index contributed by atoms with van der Waals surface area (Å²) >= 11 is 0. The van der Waals surface area contributed by atoms with Crippen molar-refractivity contribution in [3.63, 3.8) is 0 Å². The average molecular weight is 389 g/mol. The van der Waals surface area contributed by atoms with Crippen LogP contribution in [0.1, 0.15) is 20.3 Å². The van der Waals surface area contributed by atoms with E-state index in [1.807, 2.05) is 25.1 Å². The first-order valence-electron chi connectivity index (χ1n) is 8.79. The molecule has 0 saturated heterocycles. The van der Waals surface area contributed by atoms with E-state index in [9.17, 15) is 13.5 Å². The highest BCUT2D eigenvalue weighted by atomic mass is 32.2. The van der Waals surface area contributed by atoms with Crippen molar-refractivity contribution in [2.24, 2.45) is 0 Å². The molecule has 3 N–H and O–H groups in total. The first-order chi connectivity index (χ1) is 13.0. The molecule has 1 unspecified atom stereocenters. The lowest BCUT2D eigenvalue weighted by molar-refractivity contribution is 0.271. The number of aliphatic hydroxyl groups is 1. The minimum atomic E-state index is -3.35. The fourth-order valence-corrected chi connectivity index (χ4v) is 3.26. The number of fused-ring (bicyclic) bond motifs is 1. The van der Waals surface area contributed by atoms with Crippen LogP contribution in [-0.4, -0.2) is 46.5 Å². The molecule has 3 rings (SSSR count). The van der Waals surface area contributed by atoms with Gasteiger partial charge in [-0.15, -0.1) is 5.10 Å². The Bertz CT molecular complexity index is 1030. The highest BCUT2D eigenvalue weighted by Gasteiger charge is 2.12. The van der Waals surface area contributed by atoms with E-state index in [2.05, 4.69) is 20.1 Å². The van der Waals surface area contributed by atoms with Crippen molar-refractivity contribution in [3.8, 4) is 11.3 Å². The largest absolute Gasteiger partial charge is 0.394 e. The highest BCUT2D eigenvalue weighted by Crippen LogP contribution is 2.24. The maximum absolute atomic E-state index is 11.8. The Balaban J connectivity index is 1.97. The van der Waals surface area contributed by atoms with Crippen molar-refractivity contribution in [1.29, 1.82) is 0 Å². The number of sulfonamides is 1. The standard InChI is InChI=1S/C18H23N5O3S/c1-3-14(12-24)20-17-8-9-18-19-11-16(23(18)21-17)13-6-5-7-15(10-13)22-27(25,26)4-2/h5-11,14,22,24H,3-4,12H2,1-2H3,(H,20,21). The molecule has 0 amide bonds. The van der Waals surface area contributed by atoms with Crippen molar-refractivity contribution in [3.05, 3.63) is 42.6 Å². The molecule has 0 aliphatic rings. The lowest BCUT2D eigenvalue weighted by atomic mass is 10.1. The first kappa shape index (κ1) is 19.1. The van der Waals surface area contributed by atoms with Crippen LogP contribution < -0.4 is 10.0 Å². The lowest BCUT2D eigenvalue weighted by Crippen LogP contribution is -2.23. The van der Waals surface area contributed by atoms with E-state index in [1.54, 1.807) is 35.8 Å². The molecule has 8 nitrogen and oxygen atoms in total. The third-order valence-corrected chi connectivity index (χ3v) is 5.55. The van der Waals surface area contributed by atoms with E-state index < -0.39 is 10.0 Å². The predicted molar refractivity (Wildman–Crippen MR) is 106 cm³/mol. The number of aromatic nitrogens is 3. The Morgan fingerprint density at radius 1 is 1.22 bits per heavy atom. The molecule has 2 heterocycles. The van der Waals surface area contributed by atoms with Gasteiger partial charge in [0.25, 0.3) is 0 Å². The molecular weight excluding hydrogens is 366 g/mol. The Kier molecular flexibility index (Phi) is 5.62. The van der Waals surface area contributed by atoms with Crippen LogP contribution in [0.3, 0.4) is 0 Å². The summed E-state index contributed by atoms with van der Waals surface area (Å²) in [5.74, 6) is 0.637. The predicted octanol–water partition coefficient (Wildman–Crippen LogP) is 2.34. The van der Waals surface area contributed by atoms with Gasteiger partial charge in [0.05, 0.1) is 30.3 Å². The van der Waals surface area contributed by atoms with Crippen LogP contribution in [0.5, 0.6) is 0 Å². The number of anilines is 2. The fraction of sp³-hybridized carbons (Fsp3) is 0.333. The second kappa shape index (κ2) is 7.93. The summed E-state index contributed by atoms with van der Waals surface area (Å²) in [6, 6.07) is 10.7. The van der Waals surface area contributed by atoms with E-state index in [4.69, 9.17) is 0 Å². The van der Waals surface area contributed by atoms with Crippen molar-refractivity contribution < 1.29 is 13.5 Å². The Morgan fingerprint density at radius 2 is 2.04 bits per heavy atom. The molecule has 0 aliphatic heterocycles. The van der Waals surface area contributed by atoms with Gasteiger partial charge in [-0.25, -0.2) is 17.9 Å². The molecule has 1 aromatic carbocycles. The summed E-state index contributed by atoms with van der Waals surface area (Å²) in [4.78, 5) is 4.36. The molecular formula is C18H23N5O3S. The smallest absolute Gasteiger partial charge is 0.232 e. The summed E-state index contributed by atoms with van der Waals surface area (Å²) in [7, 11) is -3.35. The molecule has 0 spiro atoms. The highest BCUT2D eigenvalue weighted by molar-refractivity contribution is 7.92. The minimum Gasteiger partial charge on any atom is -0.394 e. The normalized spacial score (nSPS) is 12.9. The van der Waals surface area contributed by atoms with Crippen molar-refractivity contribution >= 4 is 27.2 Å². The van der Waals surface area contributed by atoms with Crippen LogP contribution >= 0.6 is 0 Å². The van der Waals surface area contributed by atoms with Crippen molar-refractivity contribution in [1.82, 2.24) is 14.6 Å². The summed E-state index contributed by atoms with van der Waals surface area (Å²) in [6.45, 7) is 3.59. The zero-order valence-corrected chi connectivity index (χ0v) is 16.1. The molecule has 27 heavy (non-hydrogen) atoms. The number of benzene rings is 1. The van der Waals surface area contributed by atoms with Gasteiger partial charge in [0.1, 0.15) is 5.82 Å². The number of hydrogen-bond donors (Lipinski definition) is 3. The molecule has 0 saturated carbocycles. The molecule has 0 aliphatic carbocycles. The van der Waals surface area contributed by atoms with Gasteiger partial charge in [-0.05, 0) is 37.6 Å². The van der Waals surface area contributed by atoms with Gasteiger partial charge in [0, 0.05) is 11.3 Å². The quantitative estimate of drug-likeness (QED) is 0.546. The van der Waals surface area contributed by atoms with Crippen LogP contribution in [-0.2, 0) is 10.0 Å². The van der Waals surface area contributed by atoms with E-state index >= 15 is 0 Å². The maximum atomic E-state index is 11.8. The minimum absolute atomic E-state index is 0.00682. The summed E-state index contributed by atoms with van der Waals surface area (Å²) in [5, 5.41) is 17.1. The second-order valence-electron chi connectivity index (χ2n) is 6.15. The number of imidazole rings is 1. The molecule has 2 aromatic heterocycles. The van der Waals surface area contributed by atoms with Crippen LogP contribution in [0.2, 0.25) is 0 Å². The van der Waals surface area contributed by atoms with Gasteiger partial charge < -0.3 is 10.4 Å². The van der Waals surface area contributed by atoms with Crippen LogP contribution in [0, 0.1) is 0 Å². The number of nitrogens with one attached hydrogen (secondary N) is 2. The average Bonchev–Trinajstić information content (AvgIpc) is 3.09. The topological polar surface area (TPSA) is 109 Å². The maximum Gasteiger partial charge on any atom is 0.232 e. The van der Waals surface area contributed by atoms with Gasteiger partial charge in [-0.3, -0.25) is 4.72 Å². The SMILES string of the molecule is CCC(CO)Nc1ccc2ncc(-c3cccc(NS(=O)(=O)CC)c3)n2n1. The summed E-state index contributed by atoms with van der Waals surface area (Å²) in [6.07, 6.45) is 2.47. The monoisotopic (exact) mass is 389 g/mol. The Labute approximate surface area is 158 Å². The molecule has 144 valence electrons. The number of aliphatic hydroxyl groups excluding tert-OH is 1. The van der Waals surface area contributed by atoms with E-state index in [0.29, 0.717) is 17.2 Å². The second-order valence-corrected chi connectivity index (χ2v) is 8.16. The summed E-state index contributed by atoms with van der Waals surface area (Å²) < 4.78 is 27.9. The van der Waals surface area contributed by atoms with Gasteiger partial charge in [0.2, 0.25) is 10.0 Å². The number of hydrogen-bond acceptors (Lipinski definition) is 6. The lowest BCUT2D eigenvalue weighted by Gasteiger charge is -2.14. The summed E-state index contributed by atoms with van der Waals surface area (Å²) in [5.41, 5.74) is 2.69. The molecule has 3 aromatic rings. The fourth-order valence-electron chi connectivity index (χ4n) is 2.63. The first-order valence-corrected chi connectivity index (χ1v) is 10.4. The Hall–Kier alpha value is -2.65. The molecule has 1 atom stereocenters. The van der Waals surface area contributed by atoms with Crippen molar-refractivity contribution in [2.75, 3.05) is 22.4 Å². The Morgan fingerprint density at radius 3 is 2.74 bits per heavy atom. The third kappa shape index (κ3) is 4.37. The number of nitrogens with zero attached hydrogens (tertiary/aromatic N) is 3. The molecule has 9 heteroatoms. The van der Waals surface area contributed by atoms with E-state index in [1.165, 1.54) is 0 Å². The van der Waals surface area contributed by atoms with Crippen LogP contribution in [0.4, 0.5) is 11.5 Å². The van der Waals surface area contributed by atoms with Gasteiger partial charge >= 0.3 is 0 Å². The zero-order valence-electron chi connectivity index (χ0n) is 15.3. The van der Waals surface area contributed by atoms with E-state index in [-0.39, 0.29) is 18.4 Å². The van der Waals surface area contributed by atoms with Gasteiger partial charge in [-0.1, -0.05) is 19.1 Å². The zero-order chi connectivity index (χ0) is 19.4. The molecule has 0 bridgehead atoms. The van der Waals surface area contributed by atoms with Crippen LogP contribution in [0.15, 0.2) is 42.6 Å². The molecule has 0 fully saturated rings. The molecule has 0 radical (unpaired) electrons.